The Kier molecular flexibility index (Phi) is 5.00. The number of nitrogens with two attached hydrogens (primary N) is 1. The van der Waals surface area contributed by atoms with Gasteiger partial charge >= 0.3 is 0 Å². The van der Waals surface area contributed by atoms with Crippen molar-refractivity contribution in [2.75, 3.05) is 12.3 Å². The molecule has 7 heteroatoms. The first-order valence-electron chi connectivity index (χ1n) is 6.17. The number of benzene rings is 2. The second kappa shape index (κ2) is 6.57. The van der Waals surface area contributed by atoms with Gasteiger partial charge in [-0.25, -0.2) is 13.1 Å². The Morgan fingerprint density at radius 3 is 2.43 bits per heavy atom. The second-order valence-corrected chi connectivity index (χ2v) is 7.02. The molecule has 4 N–H and O–H groups in total. The van der Waals surface area contributed by atoms with Gasteiger partial charge in [0.2, 0.25) is 10.0 Å². The van der Waals surface area contributed by atoms with Gasteiger partial charge in [0.1, 0.15) is 0 Å². The Morgan fingerprint density at radius 2 is 1.86 bits per heavy atom. The number of hydrogen-bond acceptors (Lipinski definition) is 4. The summed E-state index contributed by atoms with van der Waals surface area (Å²) in [6.07, 6.45) is 0. The van der Waals surface area contributed by atoms with Crippen LogP contribution in [-0.4, -0.2) is 20.1 Å². The Morgan fingerprint density at radius 1 is 1.19 bits per heavy atom. The number of nitrogens with one attached hydrogen (secondary N) is 1. The number of anilines is 1. The molecule has 2 aromatic rings. The van der Waals surface area contributed by atoms with Crippen LogP contribution < -0.4 is 10.5 Å². The fourth-order valence-electron chi connectivity index (χ4n) is 1.83. The van der Waals surface area contributed by atoms with Crippen LogP contribution in [0.1, 0.15) is 11.6 Å². The molecule has 0 aliphatic rings. The maximum Gasteiger partial charge on any atom is 0.241 e. The van der Waals surface area contributed by atoms with Gasteiger partial charge in [0.15, 0.2) is 0 Å². The molecule has 0 heterocycles. The number of nitrogen functional groups attached to an aromatic ring is 1. The summed E-state index contributed by atoms with van der Waals surface area (Å²) in [5.41, 5.74) is 6.80. The van der Waals surface area contributed by atoms with Crippen LogP contribution in [0.4, 0.5) is 5.69 Å². The normalized spacial score (nSPS) is 13.0. The van der Waals surface area contributed by atoms with E-state index in [4.69, 9.17) is 5.73 Å². The first-order chi connectivity index (χ1) is 9.94. The number of rotatable bonds is 5. The predicted octanol–water partition coefficient (Wildman–Crippen LogP) is 2.04. The van der Waals surface area contributed by atoms with Crippen molar-refractivity contribution in [1.82, 2.24) is 4.72 Å². The second-order valence-electron chi connectivity index (χ2n) is 4.45. The zero-order chi connectivity index (χ0) is 15.5. The topological polar surface area (TPSA) is 92.4 Å². The minimum Gasteiger partial charge on any atom is -0.398 e. The lowest BCUT2D eigenvalue weighted by atomic mass is 10.1. The molecular formula is C14H15BrN2O3S. The third-order valence-corrected chi connectivity index (χ3v) is 5.12. The summed E-state index contributed by atoms with van der Waals surface area (Å²) in [6.45, 7) is -0.334. The van der Waals surface area contributed by atoms with Gasteiger partial charge in [-0.05, 0) is 39.7 Å². The van der Waals surface area contributed by atoms with Crippen molar-refractivity contribution in [3.05, 3.63) is 58.6 Å². The molecule has 5 nitrogen and oxygen atoms in total. The standard InChI is InChI=1S/C14H15BrN2O3S/c15-12-8-11(6-7-13(12)16)21(19,20)17-14(9-18)10-4-2-1-3-5-10/h1-8,14,17-18H,9,16H2/t14-/m0/s1. The zero-order valence-corrected chi connectivity index (χ0v) is 13.4. The molecule has 0 fully saturated rings. The zero-order valence-electron chi connectivity index (χ0n) is 11.0. The summed E-state index contributed by atoms with van der Waals surface area (Å²) >= 11 is 3.20. The van der Waals surface area contributed by atoms with Gasteiger partial charge in [0, 0.05) is 10.2 Å². The molecule has 0 spiro atoms. The minimum atomic E-state index is -3.75. The first kappa shape index (κ1) is 16.0. The van der Waals surface area contributed by atoms with Crippen LogP contribution in [-0.2, 0) is 10.0 Å². The maximum atomic E-state index is 12.4. The average molecular weight is 371 g/mol. The third kappa shape index (κ3) is 3.82. The van der Waals surface area contributed by atoms with Crippen molar-refractivity contribution in [3.63, 3.8) is 0 Å². The smallest absolute Gasteiger partial charge is 0.241 e. The van der Waals surface area contributed by atoms with Gasteiger partial charge in [0.25, 0.3) is 0 Å². The van der Waals surface area contributed by atoms with Crippen LogP contribution in [0.3, 0.4) is 0 Å². The molecule has 1 atom stereocenters. The lowest BCUT2D eigenvalue weighted by Crippen LogP contribution is -2.30. The van der Waals surface area contributed by atoms with E-state index < -0.39 is 16.1 Å². The molecule has 0 saturated carbocycles. The van der Waals surface area contributed by atoms with E-state index >= 15 is 0 Å². The van der Waals surface area contributed by atoms with Gasteiger partial charge in [-0.1, -0.05) is 30.3 Å². The highest BCUT2D eigenvalue weighted by molar-refractivity contribution is 9.10. The van der Waals surface area contributed by atoms with E-state index in [1.165, 1.54) is 18.2 Å². The van der Waals surface area contributed by atoms with E-state index in [9.17, 15) is 13.5 Å². The molecule has 0 amide bonds. The molecule has 112 valence electrons. The van der Waals surface area contributed by atoms with E-state index in [0.717, 1.165) is 0 Å². The third-order valence-electron chi connectivity index (χ3n) is 2.96. The Hall–Kier alpha value is -1.41. The molecule has 2 rings (SSSR count). The molecule has 21 heavy (non-hydrogen) atoms. The number of aliphatic hydroxyl groups is 1. The van der Waals surface area contributed by atoms with Gasteiger partial charge < -0.3 is 10.8 Å². The largest absolute Gasteiger partial charge is 0.398 e. The summed E-state index contributed by atoms with van der Waals surface area (Å²) in [6, 6.07) is 12.5. The Bertz CT molecular complexity index is 720. The van der Waals surface area contributed by atoms with Crippen LogP contribution >= 0.6 is 15.9 Å². The Balaban J connectivity index is 2.29. The van der Waals surface area contributed by atoms with E-state index in [1.54, 1.807) is 24.3 Å². The van der Waals surface area contributed by atoms with E-state index in [0.29, 0.717) is 15.7 Å². The molecule has 0 radical (unpaired) electrons. The van der Waals surface area contributed by atoms with Crippen LogP contribution in [0.2, 0.25) is 0 Å². The lowest BCUT2D eigenvalue weighted by Gasteiger charge is -2.17. The SMILES string of the molecule is Nc1ccc(S(=O)(=O)N[C@@H](CO)c2ccccc2)cc1Br. The van der Waals surface area contributed by atoms with E-state index in [-0.39, 0.29) is 11.5 Å². The molecule has 0 aromatic heterocycles. The summed E-state index contributed by atoms with van der Waals surface area (Å²) in [5.74, 6) is 0. The number of aliphatic hydroxyl groups excluding tert-OH is 1. The van der Waals surface area contributed by atoms with Gasteiger partial charge in [-0.2, -0.15) is 0 Å². The molecule has 0 aliphatic heterocycles. The van der Waals surface area contributed by atoms with Crippen molar-refractivity contribution >= 4 is 31.6 Å². The number of sulfonamides is 1. The van der Waals surface area contributed by atoms with E-state index in [2.05, 4.69) is 20.7 Å². The maximum absolute atomic E-state index is 12.4. The van der Waals surface area contributed by atoms with Gasteiger partial charge in [-0.3, -0.25) is 0 Å². The highest BCUT2D eigenvalue weighted by Gasteiger charge is 2.21. The summed E-state index contributed by atoms with van der Waals surface area (Å²) in [4.78, 5) is 0.0814. The molecule has 0 bridgehead atoms. The van der Waals surface area contributed by atoms with Crippen LogP contribution in [0.25, 0.3) is 0 Å². The summed E-state index contributed by atoms with van der Waals surface area (Å²) in [5, 5.41) is 9.43. The quantitative estimate of drug-likeness (QED) is 0.702. The van der Waals surface area contributed by atoms with Crippen molar-refractivity contribution in [2.45, 2.75) is 10.9 Å². The van der Waals surface area contributed by atoms with Crippen molar-refractivity contribution < 1.29 is 13.5 Å². The monoisotopic (exact) mass is 370 g/mol. The number of hydrogen-bond donors (Lipinski definition) is 3. The Labute approximate surface area is 132 Å². The fraction of sp³-hybridized carbons (Fsp3) is 0.143. The van der Waals surface area contributed by atoms with Crippen molar-refractivity contribution in [2.24, 2.45) is 0 Å². The van der Waals surface area contributed by atoms with Gasteiger partial charge in [0.05, 0.1) is 17.5 Å². The van der Waals surface area contributed by atoms with Crippen LogP contribution in [0.15, 0.2) is 57.9 Å². The molecule has 0 unspecified atom stereocenters. The average Bonchev–Trinajstić information content (AvgIpc) is 2.48. The predicted molar refractivity (Wildman–Crippen MR) is 85.1 cm³/mol. The lowest BCUT2D eigenvalue weighted by molar-refractivity contribution is 0.259. The van der Waals surface area contributed by atoms with Crippen LogP contribution in [0.5, 0.6) is 0 Å². The highest BCUT2D eigenvalue weighted by atomic mass is 79.9. The molecular weight excluding hydrogens is 356 g/mol. The molecule has 2 aromatic carbocycles. The summed E-state index contributed by atoms with van der Waals surface area (Å²) in [7, 11) is -3.75. The van der Waals surface area contributed by atoms with Crippen molar-refractivity contribution in [3.8, 4) is 0 Å². The molecule has 0 saturated heterocycles. The number of halogens is 1. The molecule has 0 aliphatic carbocycles. The summed E-state index contributed by atoms with van der Waals surface area (Å²) < 4.78 is 27.7. The highest BCUT2D eigenvalue weighted by Crippen LogP contribution is 2.24. The fourth-order valence-corrected chi connectivity index (χ4v) is 3.60. The van der Waals surface area contributed by atoms with E-state index in [1.807, 2.05) is 6.07 Å². The minimum absolute atomic E-state index is 0.0814. The first-order valence-corrected chi connectivity index (χ1v) is 8.45. The van der Waals surface area contributed by atoms with Gasteiger partial charge in [-0.15, -0.1) is 0 Å². The van der Waals surface area contributed by atoms with Crippen LogP contribution in [0, 0.1) is 0 Å². The van der Waals surface area contributed by atoms with Crippen molar-refractivity contribution in [1.29, 1.82) is 0 Å².